The summed E-state index contributed by atoms with van der Waals surface area (Å²) in [6, 6.07) is 6.31. The number of nitrogens with one attached hydrogen (secondary N) is 1. The second-order valence-electron chi connectivity index (χ2n) is 6.53. The average Bonchev–Trinajstić information content (AvgIpc) is 2.45. The summed E-state index contributed by atoms with van der Waals surface area (Å²) in [4.78, 5) is 15.1. The van der Waals surface area contributed by atoms with E-state index in [4.69, 9.17) is 0 Å². The highest BCUT2D eigenvalue weighted by Crippen LogP contribution is 2.20. The molecule has 116 valence electrons. The van der Waals surface area contributed by atoms with Gasteiger partial charge in [-0.15, -0.1) is 0 Å². The van der Waals surface area contributed by atoms with Crippen LogP contribution in [0.5, 0.6) is 0 Å². The van der Waals surface area contributed by atoms with Gasteiger partial charge in [-0.1, -0.05) is 18.2 Å². The van der Waals surface area contributed by atoms with E-state index < -0.39 is 0 Å². The molecule has 1 atom stereocenters. The molecule has 0 aromatic heterocycles. The molecule has 0 spiro atoms. The number of amides is 1. The summed E-state index contributed by atoms with van der Waals surface area (Å²) in [6.45, 7) is 11.3. The molecule has 0 radical (unpaired) electrons. The number of carbonyl (C=O) groups excluding carboxylic acids is 1. The van der Waals surface area contributed by atoms with Crippen molar-refractivity contribution in [3.63, 3.8) is 0 Å². The zero-order chi connectivity index (χ0) is 15.4. The molecule has 1 N–H and O–H groups in total. The van der Waals surface area contributed by atoms with Crippen molar-refractivity contribution in [2.75, 3.05) is 19.6 Å². The molecular weight excluding hydrogens is 260 g/mol. The summed E-state index contributed by atoms with van der Waals surface area (Å²) < 4.78 is 0. The average molecular weight is 288 g/mol. The summed E-state index contributed by atoms with van der Waals surface area (Å²) in [5.41, 5.74) is 3.04. The van der Waals surface area contributed by atoms with E-state index in [2.05, 4.69) is 19.2 Å². The molecule has 1 aromatic carbocycles. The van der Waals surface area contributed by atoms with Gasteiger partial charge in [-0.25, -0.2) is 0 Å². The molecule has 1 saturated heterocycles. The fourth-order valence-electron chi connectivity index (χ4n) is 3.18. The lowest BCUT2D eigenvalue weighted by Gasteiger charge is -2.33. The number of carbonyl (C=O) groups is 1. The molecule has 1 amide bonds. The fourth-order valence-corrected chi connectivity index (χ4v) is 3.18. The Morgan fingerprint density at radius 3 is 2.52 bits per heavy atom. The van der Waals surface area contributed by atoms with Gasteiger partial charge in [0.25, 0.3) is 5.91 Å². The maximum absolute atomic E-state index is 13.0. The third-order valence-corrected chi connectivity index (χ3v) is 4.43. The Bertz CT molecular complexity index is 470. The lowest BCUT2D eigenvalue weighted by molar-refractivity contribution is 0.0659. The molecule has 2 rings (SSSR count). The highest BCUT2D eigenvalue weighted by Gasteiger charge is 2.25. The Labute approximate surface area is 128 Å². The van der Waals surface area contributed by atoms with E-state index in [1.807, 2.05) is 36.9 Å². The van der Waals surface area contributed by atoms with Crippen LogP contribution in [0.25, 0.3) is 0 Å². The maximum atomic E-state index is 13.0. The van der Waals surface area contributed by atoms with Gasteiger partial charge in [0.15, 0.2) is 0 Å². The molecular formula is C18H28N2O. The van der Waals surface area contributed by atoms with Gasteiger partial charge in [0, 0.05) is 18.2 Å². The van der Waals surface area contributed by atoms with Crippen LogP contribution in [0.2, 0.25) is 0 Å². The summed E-state index contributed by atoms with van der Waals surface area (Å²) >= 11 is 0. The monoisotopic (exact) mass is 288 g/mol. The molecule has 21 heavy (non-hydrogen) atoms. The lowest BCUT2D eigenvalue weighted by atomic mass is 9.96. The molecule has 0 saturated carbocycles. The van der Waals surface area contributed by atoms with E-state index in [1.54, 1.807) is 0 Å². The first kappa shape index (κ1) is 16.0. The Hall–Kier alpha value is -1.35. The van der Waals surface area contributed by atoms with Gasteiger partial charge in [-0.2, -0.15) is 0 Å². The van der Waals surface area contributed by atoms with Gasteiger partial charge in [-0.3, -0.25) is 4.79 Å². The fraction of sp³-hybridized carbons (Fsp3) is 0.611. The molecule has 1 fully saturated rings. The van der Waals surface area contributed by atoms with Crippen LogP contribution in [0.15, 0.2) is 18.2 Å². The van der Waals surface area contributed by atoms with Gasteiger partial charge in [0.05, 0.1) is 0 Å². The van der Waals surface area contributed by atoms with E-state index in [0.29, 0.717) is 5.92 Å². The molecule has 1 heterocycles. The van der Waals surface area contributed by atoms with Crippen molar-refractivity contribution >= 4 is 5.91 Å². The Morgan fingerprint density at radius 2 is 2.00 bits per heavy atom. The van der Waals surface area contributed by atoms with Crippen LogP contribution >= 0.6 is 0 Å². The maximum Gasteiger partial charge on any atom is 0.254 e. The first-order valence-electron chi connectivity index (χ1n) is 8.08. The van der Waals surface area contributed by atoms with Crippen LogP contribution < -0.4 is 5.32 Å². The molecule has 0 aliphatic carbocycles. The van der Waals surface area contributed by atoms with Crippen LogP contribution in [-0.2, 0) is 0 Å². The summed E-state index contributed by atoms with van der Waals surface area (Å²) in [7, 11) is 0. The molecule has 0 bridgehead atoms. The van der Waals surface area contributed by atoms with Crippen molar-refractivity contribution in [1.82, 2.24) is 10.2 Å². The molecule has 1 unspecified atom stereocenters. The Kier molecular flexibility index (Phi) is 5.40. The van der Waals surface area contributed by atoms with Gasteiger partial charge in [-0.05, 0) is 70.7 Å². The molecule has 1 aromatic rings. The highest BCUT2D eigenvalue weighted by atomic mass is 16.2. The largest absolute Gasteiger partial charge is 0.336 e. The van der Waals surface area contributed by atoms with Crippen LogP contribution in [0.4, 0.5) is 0 Å². The first-order chi connectivity index (χ1) is 10.0. The third-order valence-electron chi connectivity index (χ3n) is 4.43. The van der Waals surface area contributed by atoms with Gasteiger partial charge in [0.1, 0.15) is 0 Å². The first-order valence-corrected chi connectivity index (χ1v) is 8.08. The quantitative estimate of drug-likeness (QED) is 0.923. The van der Waals surface area contributed by atoms with Gasteiger partial charge in [0.2, 0.25) is 0 Å². The summed E-state index contributed by atoms with van der Waals surface area (Å²) in [5, 5.41) is 3.44. The van der Waals surface area contributed by atoms with Gasteiger partial charge >= 0.3 is 0 Å². The van der Waals surface area contributed by atoms with Gasteiger partial charge < -0.3 is 10.2 Å². The van der Waals surface area contributed by atoms with Crippen LogP contribution in [-0.4, -0.2) is 36.5 Å². The number of aryl methyl sites for hydroxylation is 2. The van der Waals surface area contributed by atoms with E-state index in [0.717, 1.165) is 36.3 Å². The minimum atomic E-state index is 0.186. The Morgan fingerprint density at radius 1 is 1.33 bits per heavy atom. The lowest BCUT2D eigenvalue weighted by Crippen LogP contribution is -2.44. The zero-order valence-electron chi connectivity index (χ0n) is 13.8. The number of benzene rings is 1. The minimum Gasteiger partial charge on any atom is -0.336 e. The number of nitrogens with zero attached hydrogens (tertiary/aromatic N) is 1. The molecule has 3 nitrogen and oxygen atoms in total. The van der Waals surface area contributed by atoms with E-state index in [-0.39, 0.29) is 11.9 Å². The van der Waals surface area contributed by atoms with Crippen molar-refractivity contribution in [2.24, 2.45) is 5.92 Å². The SMILES string of the molecule is Cc1cccc(C)c1C(=O)N(CC1CCCNC1)C(C)C. The standard InChI is InChI=1S/C18H28N2O/c1-13(2)20(12-16-9-6-10-19-11-16)18(21)17-14(3)7-5-8-15(17)4/h5,7-8,13,16,19H,6,9-12H2,1-4H3. The number of rotatable bonds is 4. The molecule has 3 heteroatoms. The smallest absolute Gasteiger partial charge is 0.254 e. The van der Waals surface area contributed by atoms with Crippen molar-refractivity contribution < 1.29 is 4.79 Å². The van der Waals surface area contributed by atoms with E-state index in [1.165, 1.54) is 12.8 Å². The van der Waals surface area contributed by atoms with Crippen LogP contribution in [0.1, 0.15) is 48.2 Å². The predicted molar refractivity (Wildman–Crippen MR) is 87.7 cm³/mol. The second-order valence-corrected chi connectivity index (χ2v) is 6.53. The molecule has 1 aliphatic heterocycles. The van der Waals surface area contributed by atoms with Crippen molar-refractivity contribution in [2.45, 2.75) is 46.6 Å². The van der Waals surface area contributed by atoms with Crippen LogP contribution in [0, 0.1) is 19.8 Å². The zero-order valence-corrected chi connectivity index (χ0v) is 13.8. The Balaban J connectivity index is 2.19. The van der Waals surface area contributed by atoms with Crippen molar-refractivity contribution in [1.29, 1.82) is 0 Å². The van der Waals surface area contributed by atoms with Crippen molar-refractivity contribution in [3.05, 3.63) is 34.9 Å². The molecule has 1 aliphatic rings. The summed E-state index contributed by atoms with van der Waals surface area (Å²) in [6.07, 6.45) is 2.43. The van der Waals surface area contributed by atoms with E-state index >= 15 is 0 Å². The minimum absolute atomic E-state index is 0.186. The van der Waals surface area contributed by atoms with Crippen LogP contribution in [0.3, 0.4) is 0 Å². The number of piperidine rings is 1. The van der Waals surface area contributed by atoms with E-state index in [9.17, 15) is 4.79 Å². The predicted octanol–water partition coefficient (Wildman–Crippen LogP) is 3.15. The normalized spacial score (nSPS) is 18.8. The summed E-state index contributed by atoms with van der Waals surface area (Å²) in [5.74, 6) is 0.764. The number of hydrogen-bond donors (Lipinski definition) is 1. The third kappa shape index (κ3) is 3.85. The second kappa shape index (κ2) is 7.08. The highest BCUT2D eigenvalue weighted by molar-refractivity contribution is 5.97. The topological polar surface area (TPSA) is 32.3 Å². The van der Waals surface area contributed by atoms with Crippen molar-refractivity contribution in [3.8, 4) is 0 Å². The number of hydrogen-bond acceptors (Lipinski definition) is 2.